The molecule has 1 unspecified atom stereocenters. The van der Waals surface area contributed by atoms with Gasteiger partial charge in [0.05, 0.1) is 26.7 Å². The van der Waals surface area contributed by atoms with Crippen molar-refractivity contribution < 1.29 is 23.9 Å². The zero-order valence-corrected chi connectivity index (χ0v) is 17.4. The molecule has 0 saturated heterocycles. The van der Waals surface area contributed by atoms with Gasteiger partial charge in [0.1, 0.15) is 11.3 Å². The van der Waals surface area contributed by atoms with Gasteiger partial charge in [-0.3, -0.25) is 9.59 Å². The molecule has 0 fully saturated rings. The zero-order valence-electron chi connectivity index (χ0n) is 17.4. The quantitative estimate of drug-likeness (QED) is 0.740. The Morgan fingerprint density at radius 3 is 2.60 bits per heavy atom. The molecule has 7 nitrogen and oxygen atoms in total. The normalized spacial score (nSPS) is 15.2. The average Bonchev–Trinajstić information content (AvgIpc) is 2.76. The summed E-state index contributed by atoms with van der Waals surface area (Å²) in [4.78, 5) is 38.5. The molecule has 158 valence electrons. The van der Waals surface area contributed by atoms with E-state index in [2.05, 4.69) is 5.32 Å². The minimum atomic E-state index is -0.504. The smallest absolute Gasteiger partial charge is 0.341 e. The standard InChI is InChI=1S/C23H26N2O5/c1-15(26)25-11-10-17-6-4-5-7-18(17)20(25)13-22(27)24-14-16-8-9-21(29-2)19(12-16)23(28)30-3/h4-9,12,20H,10-11,13-14H2,1-3H3,(H,24,27). The molecule has 0 aliphatic carbocycles. The predicted molar refractivity (Wildman–Crippen MR) is 111 cm³/mol. The molecule has 7 heteroatoms. The fraction of sp³-hybridized carbons (Fsp3) is 0.348. The first kappa shape index (κ1) is 21.4. The lowest BCUT2D eigenvalue weighted by Gasteiger charge is -2.36. The van der Waals surface area contributed by atoms with Crippen molar-refractivity contribution in [2.24, 2.45) is 0 Å². The molecular formula is C23H26N2O5. The van der Waals surface area contributed by atoms with Crippen LogP contribution in [0.15, 0.2) is 42.5 Å². The molecule has 0 aromatic heterocycles. The van der Waals surface area contributed by atoms with Crippen molar-refractivity contribution in [3.8, 4) is 5.75 Å². The van der Waals surface area contributed by atoms with Crippen LogP contribution >= 0.6 is 0 Å². The van der Waals surface area contributed by atoms with Crippen LogP contribution in [-0.4, -0.2) is 43.4 Å². The average molecular weight is 410 g/mol. The topological polar surface area (TPSA) is 84.9 Å². The lowest BCUT2D eigenvalue weighted by Crippen LogP contribution is -2.41. The van der Waals surface area contributed by atoms with Crippen LogP contribution in [0.4, 0.5) is 0 Å². The van der Waals surface area contributed by atoms with Gasteiger partial charge < -0.3 is 19.7 Å². The lowest BCUT2D eigenvalue weighted by atomic mass is 9.90. The number of benzene rings is 2. The minimum absolute atomic E-state index is 0.0415. The maximum atomic E-state index is 12.7. The summed E-state index contributed by atoms with van der Waals surface area (Å²) in [6, 6.07) is 12.7. The second-order valence-electron chi connectivity index (χ2n) is 7.18. The van der Waals surface area contributed by atoms with Crippen LogP contribution in [0, 0.1) is 0 Å². The van der Waals surface area contributed by atoms with E-state index in [4.69, 9.17) is 9.47 Å². The van der Waals surface area contributed by atoms with E-state index in [9.17, 15) is 14.4 Å². The fourth-order valence-corrected chi connectivity index (χ4v) is 3.83. The largest absolute Gasteiger partial charge is 0.496 e. The first-order valence-electron chi connectivity index (χ1n) is 9.81. The molecular weight excluding hydrogens is 384 g/mol. The number of nitrogens with one attached hydrogen (secondary N) is 1. The molecule has 0 saturated carbocycles. The molecule has 0 bridgehead atoms. The zero-order chi connectivity index (χ0) is 21.7. The maximum absolute atomic E-state index is 12.7. The Hall–Kier alpha value is -3.35. The fourth-order valence-electron chi connectivity index (χ4n) is 3.83. The number of carbonyl (C=O) groups excluding carboxylic acids is 3. The van der Waals surface area contributed by atoms with Gasteiger partial charge in [-0.25, -0.2) is 4.79 Å². The summed E-state index contributed by atoms with van der Waals surface area (Å²) in [5, 5.41) is 2.89. The van der Waals surface area contributed by atoms with Crippen molar-refractivity contribution >= 4 is 17.8 Å². The number of rotatable bonds is 6. The molecule has 0 radical (unpaired) electrons. The first-order valence-corrected chi connectivity index (χ1v) is 9.81. The molecule has 2 aromatic rings. The van der Waals surface area contributed by atoms with E-state index in [1.807, 2.05) is 24.3 Å². The highest BCUT2D eigenvalue weighted by molar-refractivity contribution is 5.92. The lowest BCUT2D eigenvalue weighted by molar-refractivity contribution is -0.133. The molecule has 2 amide bonds. The maximum Gasteiger partial charge on any atom is 0.341 e. The van der Waals surface area contributed by atoms with Crippen LogP contribution in [0.25, 0.3) is 0 Å². The SMILES string of the molecule is COC(=O)c1cc(CNC(=O)CC2c3ccccc3CCN2C(C)=O)ccc1OC. The summed E-state index contributed by atoms with van der Waals surface area (Å²) in [6.45, 7) is 2.39. The number of amides is 2. The number of ether oxygens (including phenoxy) is 2. The van der Waals surface area contributed by atoms with E-state index in [-0.39, 0.29) is 30.8 Å². The van der Waals surface area contributed by atoms with Crippen LogP contribution < -0.4 is 10.1 Å². The molecule has 1 N–H and O–H groups in total. The van der Waals surface area contributed by atoms with E-state index in [0.717, 1.165) is 17.5 Å². The molecule has 1 atom stereocenters. The number of esters is 1. The Balaban J connectivity index is 1.71. The van der Waals surface area contributed by atoms with Crippen LogP contribution in [0.5, 0.6) is 5.75 Å². The Kier molecular flexibility index (Phi) is 6.72. The number of carbonyl (C=O) groups is 3. The number of hydrogen-bond donors (Lipinski definition) is 1. The van der Waals surface area contributed by atoms with E-state index in [1.54, 1.807) is 23.1 Å². The molecule has 3 rings (SSSR count). The van der Waals surface area contributed by atoms with Crippen molar-refractivity contribution in [3.63, 3.8) is 0 Å². The molecule has 30 heavy (non-hydrogen) atoms. The molecule has 1 aliphatic heterocycles. The summed E-state index contributed by atoms with van der Waals surface area (Å²) >= 11 is 0. The van der Waals surface area contributed by atoms with Gasteiger partial charge in [0, 0.05) is 20.0 Å². The second-order valence-corrected chi connectivity index (χ2v) is 7.18. The minimum Gasteiger partial charge on any atom is -0.496 e. The predicted octanol–water partition coefficient (Wildman–Crippen LogP) is 2.63. The van der Waals surface area contributed by atoms with Gasteiger partial charge in [-0.2, -0.15) is 0 Å². The molecule has 1 heterocycles. The van der Waals surface area contributed by atoms with Gasteiger partial charge in [0.15, 0.2) is 0 Å². The van der Waals surface area contributed by atoms with E-state index < -0.39 is 5.97 Å². The van der Waals surface area contributed by atoms with Gasteiger partial charge >= 0.3 is 5.97 Å². The summed E-state index contributed by atoms with van der Waals surface area (Å²) in [6.07, 6.45) is 0.965. The third-order valence-corrected chi connectivity index (χ3v) is 5.35. The summed E-state index contributed by atoms with van der Waals surface area (Å²) in [5.74, 6) is -0.303. The summed E-state index contributed by atoms with van der Waals surface area (Å²) in [5.41, 5.74) is 3.24. The third kappa shape index (κ3) is 4.62. The Labute approximate surface area is 176 Å². The van der Waals surface area contributed by atoms with Crippen LogP contribution in [0.3, 0.4) is 0 Å². The van der Waals surface area contributed by atoms with Crippen molar-refractivity contribution in [2.75, 3.05) is 20.8 Å². The van der Waals surface area contributed by atoms with Crippen molar-refractivity contribution in [1.29, 1.82) is 0 Å². The Morgan fingerprint density at radius 2 is 1.90 bits per heavy atom. The second kappa shape index (κ2) is 9.43. The number of hydrogen-bond acceptors (Lipinski definition) is 5. The van der Waals surface area contributed by atoms with Gasteiger partial charge in [0.25, 0.3) is 0 Å². The van der Waals surface area contributed by atoms with Crippen molar-refractivity contribution in [3.05, 3.63) is 64.7 Å². The third-order valence-electron chi connectivity index (χ3n) is 5.35. The van der Waals surface area contributed by atoms with Crippen LogP contribution in [0.2, 0.25) is 0 Å². The van der Waals surface area contributed by atoms with Gasteiger partial charge in [-0.05, 0) is 35.2 Å². The highest BCUT2D eigenvalue weighted by Gasteiger charge is 2.30. The molecule has 0 spiro atoms. The van der Waals surface area contributed by atoms with Crippen LogP contribution in [-0.2, 0) is 27.3 Å². The first-order chi connectivity index (χ1) is 14.4. The van der Waals surface area contributed by atoms with Gasteiger partial charge in [0.2, 0.25) is 11.8 Å². The van der Waals surface area contributed by atoms with Gasteiger partial charge in [-0.15, -0.1) is 0 Å². The molecule has 2 aromatic carbocycles. The van der Waals surface area contributed by atoms with Crippen molar-refractivity contribution in [1.82, 2.24) is 10.2 Å². The number of nitrogens with zero attached hydrogens (tertiary/aromatic N) is 1. The summed E-state index contributed by atoms with van der Waals surface area (Å²) in [7, 11) is 2.78. The Morgan fingerprint density at radius 1 is 1.13 bits per heavy atom. The molecule has 1 aliphatic rings. The van der Waals surface area contributed by atoms with E-state index in [1.165, 1.54) is 26.7 Å². The summed E-state index contributed by atoms with van der Waals surface area (Å²) < 4.78 is 9.97. The van der Waals surface area contributed by atoms with Crippen molar-refractivity contribution in [2.45, 2.75) is 32.4 Å². The van der Waals surface area contributed by atoms with E-state index in [0.29, 0.717) is 17.9 Å². The van der Waals surface area contributed by atoms with Crippen LogP contribution in [0.1, 0.15) is 46.4 Å². The highest BCUT2D eigenvalue weighted by atomic mass is 16.5. The highest BCUT2D eigenvalue weighted by Crippen LogP contribution is 2.32. The number of methoxy groups -OCH3 is 2. The van der Waals surface area contributed by atoms with E-state index >= 15 is 0 Å². The van der Waals surface area contributed by atoms with Gasteiger partial charge in [-0.1, -0.05) is 30.3 Å². The monoisotopic (exact) mass is 410 g/mol. The number of fused-ring (bicyclic) bond motifs is 1. The Bertz CT molecular complexity index is 956.